The van der Waals surface area contributed by atoms with Gasteiger partial charge in [-0.2, -0.15) is 0 Å². The molecule has 33 heavy (non-hydrogen) atoms. The molecule has 0 heterocycles. The molecule has 0 N–H and O–H groups in total. The summed E-state index contributed by atoms with van der Waals surface area (Å²) < 4.78 is 0. The van der Waals surface area contributed by atoms with Crippen LogP contribution in [0.5, 0.6) is 0 Å². The lowest BCUT2D eigenvalue weighted by atomic mass is 9.67. The molecule has 1 heteroatoms. The van der Waals surface area contributed by atoms with Crippen molar-refractivity contribution in [3.05, 3.63) is 40.9 Å². The van der Waals surface area contributed by atoms with Crippen molar-refractivity contribution in [1.82, 2.24) is 0 Å². The molecule has 0 fully saturated rings. The Bertz CT molecular complexity index is 606. The minimum absolute atomic E-state index is 0.536. The van der Waals surface area contributed by atoms with Crippen LogP contribution in [0, 0.1) is 5.41 Å². The molecule has 0 saturated heterocycles. The third kappa shape index (κ3) is 12.0. The number of hydrogen-bond donors (Lipinski definition) is 0. The van der Waals surface area contributed by atoms with Gasteiger partial charge < -0.3 is 0 Å². The molecule has 1 aliphatic rings. The second kappa shape index (κ2) is 17.7. The van der Waals surface area contributed by atoms with Crippen LogP contribution in [-0.2, 0) is 0 Å². The van der Waals surface area contributed by atoms with Crippen LogP contribution < -0.4 is 0 Å². The lowest BCUT2D eigenvalue weighted by molar-refractivity contribution is 0.203. The van der Waals surface area contributed by atoms with Crippen molar-refractivity contribution in [3.63, 3.8) is 0 Å². The van der Waals surface area contributed by atoms with Gasteiger partial charge in [0.2, 0.25) is 0 Å². The number of benzene rings is 1. The van der Waals surface area contributed by atoms with E-state index in [1.807, 2.05) is 0 Å². The van der Waals surface area contributed by atoms with Crippen molar-refractivity contribution in [1.29, 1.82) is 0 Å². The number of rotatable bonds is 19. The number of unbranched alkanes of at least 4 members (excludes halogenated alkanes) is 14. The van der Waals surface area contributed by atoms with E-state index in [0.29, 0.717) is 5.41 Å². The predicted molar refractivity (Wildman–Crippen MR) is 150 cm³/mol. The molecule has 0 aromatic heterocycles. The van der Waals surface area contributed by atoms with Gasteiger partial charge in [0.1, 0.15) is 0 Å². The van der Waals surface area contributed by atoms with E-state index < -0.39 is 0 Å². The number of allylic oxidation sites excluding steroid dienone is 2. The second-order valence-corrected chi connectivity index (χ2v) is 11.3. The average Bonchev–Trinajstić information content (AvgIpc) is 2.83. The Morgan fingerprint density at radius 3 is 1.58 bits per heavy atom. The van der Waals surface area contributed by atoms with E-state index in [-0.39, 0.29) is 0 Å². The van der Waals surface area contributed by atoms with Crippen LogP contribution in [-0.4, -0.2) is 0 Å². The molecule has 188 valence electrons. The highest BCUT2D eigenvalue weighted by Gasteiger charge is 2.32. The van der Waals surface area contributed by atoms with Gasteiger partial charge in [-0.15, -0.1) is 0 Å². The normalized spacial score (nSPS) is 15.5. The topological polar surface area (TPSA) is 0 Å². The molecule has 0 unspecified atom stereocenters. The van der Waals surface area contributed by atoms with Crippen molar-refractivity contribution in [3.8, 4) is 0 Å². The van der Waals surface area contributed by atoms with Crippen LogP contribution in [0.4, 0.5) is 0 Å². The van der Waals surface area contributed by atoms with Crippen LogP contribution in [0.1, 0.15) is 154 Å². The summed E-state index contributed by atoms with van der Waals surface area (Å²) in [7, 11) is 0. The molecule has 2 rings (SSSR count). The molecule has 1 aromatic carbocycles. The number of hydrogen-bond acceptors (Lipinski definition) is 0. The van der Waals surface area contributed by atoms with Crippen molar-refractivity contribution in [2.24, 2.45) is 5.41 Å². The van der Waals surface area contributed by atoms with Crippen molar-refractivity contribution in [2.45, 2.75) is 149 Å². The number of halogens is 1. The van der Waals surface area contributed by atoms with Gasteiger partial charge in [0.15, 0.2) is 0 Å². The minimum atomic E-state index is 0.536. The second-order valence-electron chi connectivity index (χ2n) is 10.9. The van der Waals surface area contributed by atoms with E-state index in [0.717, 1.165) is 5.02 Å². The maximum absolute atomic E-state index is 6.16. The zero-order valence-electron chi connectivity index (χ0n) is 22.1. The molecule has 0 spiro atoms. The van der Waals surface area contributed by atoms with Gasteiger partial charge in [-0.25, -0.2) is 0 Å². The highest BCUT2D eigenvalue weighted by molar-refractivity contribution is 6.30. The van der Waals surface area contributed by atoms with E-state index in [2.05, 4.69) is 44.2 Å². The summed E-state index contributed by atoms with van der Waals surface area (Å²) in [5.41, 5.74) is 3.51. The van der Waals surface area contributed by atoms with Crippen LogP contribution in [0.15, 0.2) is 30.3 Å². The lowest BCUT2D eigenvalue weighted by Crippen LogP contribution is -2.24. The van der Waals surface area contributed by atoms with Crippen molar-refractivity contribution >= 4 is 17.2 Å². The van der Waals surface area contributed by atoms with Gasteiger partial charge in [0, 0.05) is 5.02 Å². The Labute approximate surface area is 212 Å². The van der Waals surface area contributed by atoms with E-state index in [9.17, 15) is 0 Å². The van der Waals surface area contributed by atoms with E-state index >= 15 is 0 Å². The summed E-state index contributed by atoms with van der Waals surface area (Å²) in [5.74, 6) is 0. The largest absolute Gasteiger partial charge is 0.0843 e. The van der Waals surface area contributed by atoms with Crippen LogP contribution in [0.2, 0.25) is 5.02 Å². The van der Waals surface area contributed by atoms with Gasteiger partial charge in [0.25, 0.3) is 0 Å². The predicted octanol–water partition coefficient (Wildman–Crippen LogP) is 12.0. The van der Waals surface area contributed by atoms with Crippen molar-refractivity contribution in [2.75, 3.05) is 0 Å². The summed E-state index contributed by atoms with van der Waals surface area (Å²) in [6, 6.07) is 8.59. The first-order chi connectivity index (χ1) is 16.2. The summed E-state index contributed by atoms with van der Waals surface area (Å²) in [4.78, 5) is 0. The molecule has 0 bridgehead atoms. The summed E-state index contributed by atoms with van der Waals surface area (Å²) in [6.07, 6.45) is 32.1. The fourth-order valence-electron chi connectivity index (χ4n) is 5.82. The Kier molecular flexibility index (Phi) is 15.2. The van der Waals surface area contributed by atoms with Gasteiger partial charge in [-0.3, -0.25) is 0 Å². The van der Waals surface area contributed by atoms with Crippen LogP contribution in [0.25, 0.3) is 5.57 Å². The molecule has 1 aromatic rings. The highest BCUT2D eigenvalue weighted by Crippen LogP contribution is 2.47. The quantitative estimate of drug-likeness (QED) is 0.175. The monoisotopic (exact) mass is 472 g/mol. The van der Waals surface area contributed by atoms with Crippen LogP contribution in [0.3, 0.4) is 0 Å². The van der Waals surface area contributed by atoms with Crippen LogP contribution >= 0.6 is 11.6 Å². The summed E-state index contributed by atoms with van der Waals surface area (Å²) in [5, 5.41) is 0.847. The molecule has 0 amide bonds. The Balaban J connectivity index is 1.82. The van der Waals surface area contributed by atoms with Gasteiger partial charge in [-0.1, -0.05) is 146 Å². The zero-order valence-corrected chi connectivity index (χ0v) is 22.9. The van der Waals surface area contributed by atoms with Gasteiger partial charge in [0.05, 0.1) is 0 Å². The third-order valence-corrected chi connectivity index (χ3v) is 8.22. The first-order valence-corrected chi connectivity index (χ1v) is 15.0. The average molecular weight is 473 g/mol. The molecule has 0 nitrogen and oxygen atoms in total. The Morgan fingerprint density at radius 2 is 1.09 bits per heavy atom. The Hall–Kier alpha value is -0.750. The van der Waals surface area contributed by atoms with E-state index in [1.165, 1.54) is 140 Å². The van der Waals surface area contributed by atoms with E-state index in [4.69, 9.17) is 11.6 Å². The molecule has 0 aliphatic heterocycles. The fraction of sp³-hybridized carbons (Fsp3) is 0.750. The Morgan fingerprint density at radius 1 is 0.636 bits per heavy atom. The third-order valence-electron chi connectivity index (χ3n) is 7.97. The molecule has 0 radical (unpaired) electrons. The summed E-state index contributed by atoms with van der Waals surface area (Å²) >= 11 is 6.16. The molecular formula is C32H53Cl. The lowest BCUT2D eigenvalue weighted by Gasteiger charge is -2.38. The first kappa shape index (κ1) is 28.5. The SMILES string of the molecule is CCCCCCCCCCC1(CCCCCCCCCC)CCC=C(c2ccc(Cl)cc2)C1. The van der Waals surface area contributed by atoms with Crippen molar-refractivity contribution < 1.29 is 0 Å². The smallest absolute Gasteiger partial charge is 0.0406 e. The zero-order chi connectivity index (χ0) is 23.6. The highest BCUT2D eigenvalue weighted by atomic mass is 35.5. The molecule has 0 saturated carbocycles. The van der Waals surface area contributed by atoms with Gasteiger partial charge in [-0.05, 0) is 60.8 Å². The summed E-state index contributed by atoms with van der Waals surface area (Å²) in [6.45, 7) is 4.62. The fourth-order valence-corrected chi connectivity index (χ4v) is 5.95. The molecular weight excluding hydrogens is 420 g/mol. The standard InChI is InChI=1S/C32H53Cl/c1-3-5-7-9-11-13-15-17-25-32(26-18-16-14-12-10-8-6-4-2)27-19-20-30(28-32)29-21-23-31(33)24-22-29/h20-24H,3-19,25-28H2,1-2H3. The van der Waals surface area contributed by atoms with Gasteiger partial charge >= 0.3 is 0 Å². The van der Waals surface area contributed by atoms with E-state index in [1.54, 1.807) is 5.57 Å². The maximum atomic E-state index is 6.16. The first-order valence-electron chi connectivity index (χ1n) is 14.6. The maximum Gasteiger partial charge on any atom is 0.0406 e. The minimum Gasteiger partial charge on any atom is -0.0843 e. The molecule has 0 atom stereocenters. The molecule has 1 aliphatic carbocycles.